The van der Waals surface area contributed by atoms with Gasteiger partial charge in [0.25, 0.3) is 5.91 Å². The topological polar surface area (TPSA) is 77.0 Å². The summed E-state index contributed by atoms with van der Waals surface area (Å²) in [5.74, 6) is -0.211. The first-order chi connectivity index (χ1) is 13.0. The van der Waals surface area contributed by atoms with Gasteiger partial charge in [-0.3, -0.25) is 20.4 Å². The number of hydrogen-bond donors (Lipinski definition) is 2. The Labute approximate surface area is 158 Å². The average molecular weight is 363 g/mol. The number of hydrazone groups is 1. The Bertz CT molecular complexity index is 876. The fourth-order valence-corrected chi connectivity index (χ4v) is 2.61. The number of benzene rings is 2. The predicted molar refractivity (Wildman–Crippen MR) is 105 cm³/mol. The van der Waals surface area contributed by atoms with Crippen molar-refractivity contribution in [1.82, 2.24) is 15.1 Å². The average Bonchev–Trinajstić information content (AvgIpc) is 2.66. The van der Waals surface area contributed by atoms with E-state index in [0.29, 0.717) is 12.1 Å². The Morgan fingerprint density at radius 1 is 1.04 bits per heavy atom. The molecule has 0 aliphatic carbocycles. The summed E-state index contributed by atoms with van der Waals surface area (Å²) in [7, 11) is 3.61. The molecule has 3 rings (SSSR count). The number of amidine groups is 1. The summed E-state index contributed by atoms with van der Waals surface area (Å²) in [5, 5.41) is 6.76. The van der Waals surface area contributed by atoms with Crippen molar-refractivity contribution in [3.05, 3.63) is 78.0 Å². The van der Waals surface area contributed by atoms with Gasteiger partial charge < -0.3 is 4.90 Å². The number of anilines is 1. The van der Waals surface area contributed by atoms with E-state index in [1.807, 2.05) is 60.7 Å². The van der Waals surface area contributed by atoms with Gasteiger partial charge in [-0.05, 0) is 17.7 Å². The van der Waals surface area contributed by atoms with Crippen molar-refractivity contribution in [1.29, 1.82) is 0 Å². The molecule has 1 fully saturated rings. The molecule has 0 aromatic heterocycles. The highest BCUT2D eigenvalue weighted by Gasteiger charge is 2.34. The molecule has 0 atom stereocenters. The van der Waals surface area contributed by atoms with Crippen LogP contribution in [0.1, 0.15) is 5.56 Å². The van der Waals surface area contributed by atoms with Crippen LogP contribution in [0, 0.1) is 0 Å². The number of carbonyl (C=O) groups is 2. The summed E-state index contributed by atoms with van der Waals surface area (Å²) >= 11 is 0. The van der Waals surface area contributed by atoms with Gasteiger partial charge in [0.05, 0.1) is 12.2 Å². The van der Waals surface area contributed by atoms with Gasteiger partial charge in [-0.25, -0.2) is 4.79 Å². The van der Waals surface area contributed by atoms with Crippen LogP contribution in [0.2, 0.25) is 0 Å². The molecule has 27 heavy (non-hydrogen) atoms. The fraction of sp³-hybridized carbons (Fsp3) is 0.150. The maximum Gasteiger partial charge on any atom is 0.330 e. The highest BCUT2D eigenvalue weighted by atomic mass is 16.2. The van der Waals surface area contributed by atoms with Crippen LogP contribution in [0.15, 0.2) is 77.5 Å². The van der Waals surface area contributed by atoms with Gasteiger partial charge in [-0.1, -0.05) is 48.5 Å². The van der Waals surface area contributed by atoms with E-state index >= 15 is 0 Å². The summed E-state index contributed by atoms with van der Waals surface area (Å²) in [4.78, 5) is 28.1. The first kappa shape index (κ1) is 18.2. The minimum Gasteiger partial charge on any atom is -0.383 e. The molecule has 2 aromatic carbocycles. The molecule has 0 radical (unpaired) electrons. The van der Waals surface area contributed by atoms with Crippen molar-refractivity contribution in [2.45, 2.75) is 6.54 Å². The summed E-state index contributed by atoms with van der Waals surface area (Å²) in [6, 6.07) is 18.4. The predicted octanol–water partition coefficient (Wildman–Crippen LogP) is 2.61. The van der Waals surface area contributed by atoms with E-state index in [1.165, 1.54) is 4.90 Å². The van der Waals surface area contributed by atoms with Crippen LogP contribution < -0.4 is 10.7 Å². The van der Waals surface area contributed by atoms with Crippen molar-refractivity contribution in [3.63, 3.8) is 0 Å². The second-order valence-electron chi connectivity index (χ2n) is 6.25. The molecule has 7 heteroatoms. The van der Waals surface area contributed by atoms with E-state index in [4.69, 9.17) is 0 Å². The molecule has 3 amide bonds. The first-order valence-electron chi connectivity index (χ1n) is 8.49. The van der Waals surface area contributed by atoms with Crippen LogP contribution in [0.4, 0.5) is 10.5 Å². The lowest BCUT2D eigenvalue weighted by atomic mass is 10.1. The number of imide groups is 1. The lowest BCUT2D eigenvalue weighted by molar-refractivity contribution is -0.116. The van der Waals surface area contributed by atoms with Gasteiger partial charge >= 0.3 is 6.03 Å². The van der Waals surface area contributed by atoms with E-state index in [1.54, 1.807) is 25.2 Å². The zero-order chi connectivity index (χ0) is 19.2. The zero-order valence-corrected chi connectivity index (χ0v) is 15.2. The van der Waals surface area contributed by atoms with Gasteiger partial charge in [-0.15, -0.1) is 0 Å². The molecule has 2 N–H and O–H groups in total. The number of nitrogens with one attached hydrogen (secondary N) is 2. The normalized spacial score (nSPS) is 17.2. The number of nitrogens with zero attached hydrogens (tertiary/aromatic N) is 3. The number of carbonyl (C=O) groups excluding carboxylic acids is 2. The zero-order valence-electron chi connectivity index (χ0n) is 15.2. The lowest BCUT2D eigenvalue weighted by Crippen LogP contribution is -2.54. The fourth-order valence-electron chi connectivity index (χ4n) is 2.61. The van der Waals surface area contributed by atoms with Crippen molar-refractivity contribution in [2.75, 3.05) is 19.5 Å². The quantitative estimate of drug-likeness (QED) is 0.632. The van der Waals surface area contributed by atoms with Gasteiger partial charge in [0, 0.05) is 20.3 Å². The SMILES string of the molecule is CN(C)/C=C1\C(=O)NC(=O)N(Cc2ccccc2)\C1=N/Nc1ccccc1. The number of para-hydroxylation sites is 1. The lowest BCUT2D eigenvalue weighted by Gasteiger charge is -2.30. The summed E-state index contributed by atoms with van der Waals surface area (Å²) in [5.41, 5.74) is 4.92. The third-order valence-corrected chi connectivity index (χ3v) is 3.84. The first-order valence-corrected chi connectivity index (χ1v) is 8.49. The van der Waals surface area contributed by atoms with Gasteiger partial charge in [0.1, 0.15) is 5.57 Å². The van der Waals surface area contributed by atoms with Crippen molar-refractivity contribution >= 4 is 23.5 Å². The van der Waals surface area contributed by atoms with E-state index in [0.717, 1.165) is 11.3 Å². The molecule has 1 aliphatic rings. The van der Waals surface area contributed by atoms with Gasteiger partial charge in [0.15, 0.2) is 5.84 Å². The van der Waals surface area contributed by atoms with E-state index in [-0.39, 0.29) is 5.84 Å². The Hall–Kier alpha value is -3.61. The molecule has 0 unspecified atom stereocenters. The number of amides is 3. The molecule has 2 aromatic rings. The summed E-state index contributed by atoms with van der Waals surface area (Å²) in [6.45, 7) is 0.292. The maximum atomic E-state index is 12.5. The maximum absolute atomic E-state index is 12.5. The smallest absolute Gasteiger partial charge is 0.330 e. The van der Waals surface area contributed by atoms with Crippen LogP contribution in [-0.4, -0.2) is 41.7 Å². The molecule has 138 valence electrons. The molecule has 1 aliphatic heterocycles. The Morgan fingerprint density at radius 3 is 2.30 bits per heavy atom. The number of rotatable bonds is 5. The standard InChI is InChI=1S/C20H21N5O2/c1-24(2)14-17-18(23-22-16-11-7-4-8-12-16)25(20(27)21-19(17)26)13-15-9-5-3-6-10-15/h3-12,14,22H,13H2,1-2H3,(H,21,26,27)/b17-14-,23-18-. The molecule has 1 saturated heterocycles. The van der Waals surface area contributed by atoms with E-state index in [9.17, 15) is 9.59 Å². The van der Waals surface area contributed by atoms with Crippen LogP contribution in [0.3, 0.4) is 0 Å². The molecule has 0 bridgehead atoms. The van der Waals surface area contributed by atoms with Crippen LogP contribution in [-0.2, 0) is 11.3 Å². The molecule has 7 nitrogen and oxygen atoms in total. The van der Waals surface area contributed by atoms with Crippen LogP contribution in [0.25, 0.3) is 0 Å². The Morgan fingerprint density at radius 2 is 1.67 bits per heavy atom. The summed E-state index contributed by atoms with van der Waals surface area (Å²) < 4.78 is 0. The van der Waals surface area contributed by atoms with Gasteiger partial charge in [0.2, 0.25) is 0 Å². The second-order valence-corrected chi connectivity index (χ2v) is 6.25. The Kier molecular flexibility index (Phi) is 5.51. The minimum atomic E-state index is -0.506. The molecular weight excluding hydrogens is 342 g/mol. The van der Waals surface area contributed by atoms with Crippen molar-refractivity contribution < 1.29 is 9.59 Å². The largest absolute Gasteiger partial charge is 0.383 e. The van der Waals surface area contributed by atoms with Crippen molar-refractivity contribution in [2.24, 2.45) is 5.10 Å². The van der Waals surface area contributed by atoms with Crippen LogP contribution >= 0.6 is 0 Å². The van der Waals surface area contributed by atoms with Crippen LogP contribution in [0.5, 0.6) is 0 Å². The van der Waals surface area contributed by atoms with Crippen molar-refractivity contribution in [3.8, 4) is 0 Å². The molecule has 1 heterocycles. The third-order valence-electron chi connectivity index (χ3n) is 3.84. The third kappa shape index (κ3) is 4.52. The van der Waals surface area contributed by atoms with E-state index in [2.05, 4.69) is 15.8 Å². The Balaban J connectivity index is 1.99. The van der Waals surface area contributed by atoms with E-state index < -0.39 is 11.9 Å². The monoisotopic (exact) mass is 363 g/mol. The molecular formula is C20H21N5O2. The second kappa shape index (κ2) is 8.18. The summed E-state index contributed by atoms with van der Waals surface area (Å²) in [6.07, 6.45) is 1.64. The highest BCUT2D eigenvalue weighted by molar-refractivity contribution is 6.30. The number of hydrogen-bond acceptors (Lipinski definition) is 5. The van der Waals surface area contributed by atoms with Gasteiger partial charge in [-0.2, -0.15) is 5.10 Å². The molecule has 0 spiro atoms. The molecule has 0 saturated carbocycles. The minimum absolute atomic E-state index is 0.269. The highest BCUT2D eigenvalue weighted by Crippen LogP contribution is 2.17. The number of urea groups is 1.